The Labute approximate surface area is 114 Å². The van der Waals surface area contributed by atoms with Crippen LogP contribution in [0.4, 0.5) is 0 Å². The molecule has 0 heterocycles. The molecule has 0 radical (unpaired) electrons. The maximum atomic E-state index is 11.5. The summed E-state index contributed by atoms with van der Waals surface area (Å²) in [6, 6.07) is 4.24. The number of benzene rings is 1. The zero-order chi connectivity index (χ0) is 13.8. The van der Waals surface area contributed by atoms with E-state index < -0.39 is 0 Å². The van der Waals surface area contributed by atoms with Crippen molar-refractivity contribution >= 4 is 5.91 Å². The molecule has 0 fully saturated rings. The molecule has 1 N–H and O–H groups in total. The number of nitrogens with one attached hydrogen (secondary N) is 1. The van der Waals surface area contributed by atoms with Gasteiger partial charge in [-0.3, -0.25) is 4.79 Å². The predicted octanol–water partition coefficient (Wildman–Crippen LogP) is 2.09. The molecule has 0 aromatic heterocycles. The molecule has 0 saturated heterocycles. The van der Waals surface area contributed by atoms with Gasteiger partial charge in [0.15, 0.2) is 11.5 Å². The van der Waals surface area contributed by atoms with Crippen molar-refractivity contribution in [3.63, 3.8) is 0 Å². The van der Waals surface area contributed by atoms with Crippen LogP contribution in [0.2, 0.25) is 0 Å². The third-order valence-electron chi connectivity index (χ3n) is 3.64. The maximum absolute atomic E-state index is 11.5. The smallest absolute Gasteiger partial charge is 0.219 e. The molecule has 1 atom stereocenters. The molecule has 104 valence electrons. The Morgan fingerprint density at radius 1 is 1.37 bits per heavy atom. The van der Waals surface area contributed by atoms with Crippen LogP contribution in [0.5, 0.6) is 11.5 Å². The first kappa shape index (κ1) is 13.7. The summed E-state index contributed by atoms with van der Waals surface area (Å²) in [4.78, 5) is 11.5. The Morgan fingerprint density at radius 2 is 2.16 bits per heavy atom. The number of amides is 1. The highest BCUT2D eigenvalue weighted by molar-refractivity contribution is 5.76. The summed E-state index contributed by atoms with van der Waals surface area (Å²) in [7, 11) is 3.32. The Morgan fingerprint density at radius 3 is 2.79 bits per heavy atom. The zero-order valence-electron chi connectivity index (χ0n) is 11.8. The van der Waals surface area contributed by atoms with Crippen molar-refractivity contribution in [3.8, 4) is 11.5 Å². The third kappa shape index (κ3) is 2.83. The van der Waals surface area contributed by atoms with Crippen LogP contribution in [0.3, 0.4) is 0 Å². The van der Waals surface area contributed by atoms with Gasteiger partial charge in [0.1, 0.15) is 0 Å². The largest absolute Gasteiger partial charge is 0.493 e. The molecule has 4 heteroatoms. The lowest BCUT2D eigenvalue weighted by molar-refractivity contribution is -0.121. The number of carbonyl (C=O) groups is 1. The summed E-state index contributed by atoms with van der Waals surface area (Å²) in [5.74, 6) is 1.73. The van der Waals surface area contributed by atoms with E-state index >= 15 is 0 Å². The van der Waals surface area contributed by atoms with Crippen LogP contribution in [0.1, 0.15) is 30.9 Å². The van der Waals surface area contributed by atoms with Gasteiger partial charge in [-0.2, -0.15) is 0 Å². The summed E-state index contributed by atoms with van der Waals surface area (Å²) in [5, 5.41) is 3.06. The molecule has 1 aliphatic rings. The number of ether oxygens (including phenoxy) is 2. The molecule has 0 bridgehead atoms. The van der Waals surface area contributed by atoms with E-state index in [-0.39, 0.29) is 11.9 Å². The monoisotopic (exact) mass is 263 g/mol. The van der Waals surface area contributed by atoms with Gasteiger partial charge in [0.05, 0.1) is 14.2 Å². The SMILES string of the molecule is CCC(=O)NC1CCc2c(ccc(OC)c2OC)C1. The minimum atomic E-state index is 0.119. The molecular formula is C15H21NO3. The van der Waals surface area contributed by atoms with Crippen LogP contribution in [-0.2, 0) is 17.6 Å². The van der Waals surface area contributed by atoms with Gasteiger partial charge in [0.25, 0.3) is 0 Å². The molecular weight excluding hydrogens is 242 g/mol. The lowest BCUT2D eigenvalue weighted by Crippen LogP contribution is -2.38. The highest BCUT2D eigenvalue weighted by atomic mass is 16.5. The second-order valence-electron chi connectivity index (χ2n) is 4.80. The van der Waals surface area contributed by atoms with Crippen molar-refractivity contribution in [2.24, 2.45) is 0 Å². The summed E-state index contributed by atoms with van der Waals surface area (Å²) < 4.78 is 10.8. The number of hydrogen-bond acceptors (Lipinski definition) is 3. The molecule has 0 aliphatic heterocycles. The summed E-state index contributed by atoms with van der Waals surface area (Å²) >= 11 is 0. The first-order valence-corrected chi connectivity index (χ1v) is 6.71. The molecule has 19 heavy (non-hydrogen) atoms. The molecule has 1 aromatic carbocycles. The first-order valence-electron chi connectivity index (χ1n) is 6.71. The first-order chi connectivity index (χ1) is 9.19. The molecule has 1 unspecified atom stereocenters. The van der Waals surface area contributed by atoms with Gasteiger partial charge >= 0.3 is 0 Å². The topological polar surface area (TPSA) is 47.6 Å². The zero-order valence-corrected chi connectivity index (χ0v) is 11.8. The number of rotatable bonds is 4. The van der Waals surface area contributed by atoms with Crippen LogP contribution in [0.15, 0.2) is 12.1 Å². The van der Waals surface area contributed by atoms with E-state index in [4.69, 9.17) is 9.47 Å². The van der Waals surface area contributed by atoms with E-state index in [0.717, 1.165) is 30.8 Å². The van der Waals surface area contributed by atoms with E-state index in [1.165, 1.54) is 11.1 Å². The molecule has 2 rings (SSSR count). The van der Waals surface area contributed by atoms with Gasteiger partial charge in [-0.1, -0.05) is 13.0 Å². The van der Waals surface area contributed by atoms with Crippen LogP contribution in [0.25, 0.3) is 0 Å². The van der Waals surface area contributed by atoms with Crippen LogP contribution in [0, 0.1) is 0 Å². The lowest BCUT2D eigenvalue weighted by atomic mass is 9.87. The fourth-order valence-corrected chi connectivity index (χ4v) is 2.64. The highest BCUT2D eigenvalue weighted by Gasteiger charge is 2.24. The van der Waals surface area contributed by atoms with Gasteiger partial charge in [0.2, 0.25) is 5.91 Å². The average molecular weight is 263 g/mol. The average Bonchev–Trinajstić information content (AvgIpc) is 2.45. The van der Waals surface area contributed by atoms with Crippen molar-refractivity contribution in [2.45, 2.75) is 38.6 Å². The quantitative estimate of drug-likeness (QED) is 0.905. The predicted molar refractivity (Wildman–Crippen MR) is 73.8 cm³/mol. The van der Waals surface area contributed by atoms with Gasteiger partial charge in [-0.15, -0.1) is 0 Å². The number of hydrogen-bond donors (Lipinski definition) is 1. The van der Waals surface area contributed by atoms with Crippen molar-refractivity contribution in [1.82, 2.24) is 5.32 Å². The maximum Gasteiger partial charge on any atom is 0.219 e. The summed E-state index contributed by atoms with van der Waals surface area (Å²) in [6.07, 6.45) is 3.25. The fraction of sp³-hybridized carbons (Fsp3) is 0.533. The van der Waals surface area contributed by atoms with Crippen LogP contribution in [-0.4, -0.2) is 26.2 Å². The standard InChI is InChI=1S/C15H21NO3/c1-4-14(17)16-11-6-7-12-10(9-11)5-8-13(18-2)15(12)19-3/h5,8,11H,4,6-7,9H2,1-3H3,(H,16,17). The van der Waals surface area contributed by atoms with Crippen molar-refractivity contribution in [2.75, 3.05) is 14.2 Å². The van der Waals surface area contributed by atoms with Crippen molar-refractivity contribution in [1.29, 1.82) is 0 Å². The minimum Gasteiger partial charge on any atom is -0.493 e. The van der Waals surface area contributed by atoms with Crippen LogP contribution < -0.4 is 14.8 Å². The fourth-order valence-electron chi connectivity index (χ4n) is 2.64. The molecule has 1 aliphatic carbocycles. The highest BCUT2D eigenvalue weighted by Crippen LogP contribution is 2.37. The van der Waals surface area contributed by atoms with Gasteiger partial charge in [-0.25, -0.2) is 0 Å². The molecule has 1 amide bonds. The second kappa shape index (κ2) is 5.95. The van der Waals surface area contributed by atoms with E-state index in [1.807, 2.05) is 13.0 Å². The Balaban J connectivity index is 2.20. The number of methoxy groups -OCH3 is 2. The molecule has 0 spiro atoms. The van der Waals surface area contributed by atoms with E-state index in [1.54, 1.807) is 14.2 Å². The summed E-state index contributed by atoms with van der Waals surface area (Å²) in [6.45, 7) is 1.87. The Kier molecular flexibility index (Phi) is 4.30. The number of fused-ring (bicyclic) bond motifs is 1. The summed E-state index contributed by atoms with van der Waals surface area (Å²) in [5.41, 5.74) is 2.45. The second-order valence-corrected chi connectivity index (χ2v) is 4.80. The van der Waals surface area contributed by atoms with Gasteiger partial charge in [-0.05, 0) is 30.9 Å². The van der Waals surface area contributed by atoms with Crippen LogP contribution >= 0.6 is 0 Å². The van der Waals surface area contributed by atoms with E-state index in [9.17, 15) is 4.79 Å². The van der Waals surface area contributed by atoms with E-state index in [2.05, 4.69) is 11.4 Å². The molecule has 0 saturated carbocycles. The number of carbonyl (C=O) groups excluding carboxylic acids is 1. The van der Waals surface area contributed by atoms with E-state index in [0.29, 0.717) is 6.42 Å². The molecule has 4 nitrogen and oxygen atoms in total. The lowest BCUT2D eigenvalue weighted by Gasteiger charge is -2.27. The van der Waals surface area contributed by atoms with Gasteiger partial charge in [0, 0.05) is 18.0 Å². The van der Waals surface area contributed by atoms with Gasteiger partial charge < -0.3 is 14.8 Å². The normalized spacial score (nSPS) is 17.5. The third-order valence-corrected chi connectivity index (χ3v) is 3.64. The van der Waals surface area contributed by atoms with Crippen molar-refractivity contribution < 1.29 is 14.3 Å². The molecule has 1 aromatic rings. The Hall–Kier alpha value is -1.71. The minimum absolute atomic E-state index is 0.119. The Bertz CT molecular complexity index is 471. The van der Waals surface area contributed by atoms with Crippen molar-refractivity contribution in [3.05, 3.63) is 23.3 Å².